The van der Waals surface area contributed by atoms with Gasteiger partial charge in [-0.3, -0.25) is 9.52 Å². The number of halogens is 5. The van der Waals surface area contributed by atoms with Crippen LogP contribution in [0.15, 0.2) is 43.0 Å². The van der Waals surface area contributed by atoms with Gasteiger partial charge in [0.05, 0.1) is 17.7 Å². The summed E-state index contributed by atoms with van der Waals surface area (Å²) in [5.74, 6) is -5.00. The molecule has 0 spiro atoms. The first kappa shape index (κ1) is 25.9. The molecule has 9 nitrogen and oxygen atoms in total. The number of nitrogens with one attached hydrogen (secondary N) is 3. The number of aromatic amines is 1. The van der Waals surface area contributed by atoms with Crippen LogP contribution in [0.25, 0.3) is 22.2 Å². The van der Waals surface area contributed by atoms with E-state index < -0.39 is 57.0 Å². The maximum atomic E-state index is 15.1. The van der Waals surface area contributed by atoms with E-state index in [0.29, 0.717) is 23.1 Å². The van der Waals surface area contributed by atoms with Gasteiger partial charge < -0.3 is 10.3 Å². The lowest BCUT2D eigenvalue weighted by Crippen LogP contribution is -2.23. The number of rotatable bonds is 8. The number of nitrogens with zero attached hydrogens (tertiary/aromatic N) is 3. The van der Waals surface area contributed by atoms with Gasteiger partial charge in [-0.25, -0.2) is 32.2 Å². The Labute approximate surface area is 206 Å². The molecule has 0 saturated heterocycles. The van der Waals surface area contributed by atoms with Gasteiger partial charge in [0.1, 0.15) is 17.2 Å². The molecule has 3 heterocycles. The minimum Gasteiger partial charge on any atom is -0.357 e. The van der Waals surface area contributed by atoms with Crippen LogP contribution in [0.1, 0.15) is 22.3 Å². The molecule has 0 bridgehead atoms. The van der Waals surface area contributed by atoms with Gasteiger partial charge in [0.2, 0.25) is 16.0 Å². The fourth-order valence-corrected chi connectivity index (χ4v) is 4.48. The van der Waals surface area contributed by atoms with E-state index >= 15 is 4.39 Å². The number of alkyl halides is 3. The second-order valence-electron chi connectivity index (χ2n) is 7.77. The predicted octanol–water partition coefficient (Wildman–Crippen LogP) is 4.26. The van der Waals surface area contributed by atoms with Crippen molar-refractivity contribution in [2.45, 2.75) is 12.6 Å². The van der Waals surface area contributed by atoms with Crippen LogP contribution in [0.3, 0.4) is 0 Å². The van der Waals surface area contributed by atoms with Crippen LogP contribution in [0, 0.1) is 11.6 Å². The number of anilines is 2. The van der Waals surface area contributed by atoms with Crippen molar-refractivity contribution in [3.8, 4) is 11.1 Å². The summed E-state index contributed by atoms with van der Waals surface area (Å²) < 4.78 is 92.1. The van der Waals surface area contributed by atoms with E-state index in [0.717, 1.165) is 6.07 Å². The van der Waals surface area contributed by atoms with Crippen molar-refractivity contribution in [1.29, 1.82) is 0 Å². The minimum atomic E-state index is -4.80. The Balaban J connectivity index is 1.69. The van der Waals surface area contributed by atoms with Crippen LogP contribution in [0.5, 0.6) is 0 Å². The van der Waals surface area contributed by atoms with Crippen molar-refractivity contribution in [2.24, 2.45) is 0 Å². The molecular formula is C22H17F5N6O3S. The Morgan fingerprint density at radius 2 is 1.70 bits per heavy atom. The molecule has 0 saturated carbocycles. The van der Waals surface area contributed by atoms with Gasteiger partial charge in [-0.05, 0) is 18.2 Å². The summed E-state index contributed by atoms with van der Waals surface area (Å²) in [5, 5.41) is 3.05. The molecule has 0 amide bonds. The topological polar surface area (TPSA) is 130 Å². The van der Waals surface area contributed by atoms with Crippen LogP contribution in [0.2, 0.25) is 0 Å². The minimum absolute atomic E-state index is 0.0616. The number of benzene rings is 1. The smallest absolute Gasteiger partial charge is 0.357 e. The quantitative estimate of drug-likeness (QED) is 0.225. The first-order valence-corrected chi connectivity index (χ1v) is 12.1. The lowest BCUT2D eigenvalue weighted by molar-refractivity contribution is -0.129. The highest BCUT2D eigenvalue weighted by Gasteiger charge is 2.31. The number of hydrogen-bond acceptors (Lipinski definition) is 7. The van der Waals surface area contributed by atoms with E-state index in [9.17, 15) is 30.8 Å². The second-order valence-corrected chi connectivity index (χ2v) is 9.61. The van der Waals surface area contributed by atoms with Gasteiger partial charge in [0.25, 0.3) is 0 Å². The third kappa shape index (κ3) is 5.66. The highest BCUT2D eigenvalue weighted by Crippen LogP contribution is 2.30. The van der Waals surface area contributed by atoms with Gasteiger partial charge >= 0.3 is 6.18 Å². The summed E-state index contributed by atoms with van der Waals surface area (Å²) in [5.41, 5.74) is -0.654. The highest BCUT2D eigenvalue weighted by atomic mass is 32.2. The Morgan fingerprint density at radius 3 is 2.35 bits per heavy atom. The largest absolute Gasteiger partial charge is 0.390 e. The van der Waals surface area contributed by atoms with Crippen molar-refractivity contribution in [1.82, 2.24) is 19.9 Å². The number of carbonyl (C=O) groups excluding carboxylic acids is 1. The number of pyridine rings is 1. The monoisotopic (exact) mass is 540 g/mol. The molecule has 0 unspecified atom stereocenters. The third-order valence-electron chi connectivity index (χ3n) is 5.23. The summed E-state index contributed by atoms with van der Waals surface area (Å²) in [6.07, 6.45) is -0.735. The summed E-state index contributed by atoms with van der Waals surface area (Å²) in [7, 11) is -3.13. The molecule has 0 radical (unpaired) electrons. The normalized spacial score (nSPS) is 12.1. The molecular weight excluding hydrogens is 523 g/mol. The average Bonchev–Trinajstić information content (AvgIpc) is 3.28. The lowest BCUT2D eigenvalue weighted by Gasteiger charge is -2.13. The van der Waals surface area contributed by atoms with E-state index in [2.05, 4.69) is 25.3 Å². The standard InChI is InChI=1S/C22H17F5N6O3S/c1-28-21-31-8-12(9-32-21)11-6-14-15(10-30-20(14)29-7-11)19(34)13-2-3-16(23)18(17(13)24)33-37(35,36)5-4-22(25,26)27/h2-3,6-10,33H,4-5H2,1H3,(H,29,30)(H,28,31,32). The Hall–Kier alpha value is -4.14. The molecule has 4 rings (SSSR count). The van der Waals surface area contributed by atoms with Crippen molar-refractivity contribution in [3.63, 3.8) is 0 Å². The van der Waals surface area contributed by atoms with E-state index in [1.165, 1.54) is 29.5 Å². The fourth-order valence-electron chi connectivity index (χ4n) is 3.38. The molecule has 0 atom stereocenters. The predicted molar refractivity (Wildman–Crippen MR) is 125 cm³/mol. The molecule has 15 heteroatoms. The molecule has 3 aromatic heterocycles. The number of aromatic nitrogens is 4. The SMILES string of the molecule is CNc1ncc(-c2cnc3[nH]cc(C(=O)c4ccc(F)c(NS(=O)(=O)CCC(F)(F)F)c4F)c3c2)cn1. The van der Waals surface area contributed by atoms with E-state index in [-0.39, 0.29) is 16.6 Å². The number of H-pyrrole nitrogens is 1. The van der Waals surface area contributed by atoms with Gasteiger partial charge in [-0.15, -0.1) is 0 Å². The first-order valence-electron chi connectivity index (χ1n) is 10.5. The summed E-state index contributed by atoms with van der Waals surface area (Å²) >= 11 is 0. The number of hydrogen-bond donors (Lipinski definition) is 3. The first-order chi connectivity index (χ1) is 17.4. The molecule has 0 aliphatic rings. The van der Waals surface area contributed by atoms with Crippen molar-refractivity contribution in [3.05, 3.63) is 65.7 Å². The van der Waals surface area contributed by atoms with Crippen LogP contribution >= 0.6 is 0 Å². The van der Waals surface area contributed by atoms with E-state index in [4.69, 9.17) is 0 Å². The maximum absolute atomic E-state index is 15.1. The molecule has 0 fully saturated rings. The molecule has 4 aromatic rings. The van der Waals surface area contributed by atoms with Gasteiger partial charge in [-0.2, -0.15) is 13.2 Å². The van der Waals surface area contributed by atoms with Crippen molar-refractivity contribution in [2.75, 3.05) is 22.8 Å². The third-order valence-corrected chi connectivity index (χ3v) is 6.49. The van der Waals surface area contributed by atoms with Crippen LogP contribution in [-0.4, -0.2) is 53.1 Å². The van der Waals surface area contributed by atoms with Gasteiger partial charge in [0.15, 0.2) is 11.6 Å². The Kier molecular flexibility index (Phi) is 6.82. The molecule has 0 aliphatic heterocycles. The lowest BCUT2D eigenvalue weighted by atomic mass is 10.0. The zero-order chi connectivity index (χ0) is 27.0. The number of ketones is 1. The second kappa shape index (κ2) is 9.72. The number of carbonyl (C=O) groups is 1. The highest BCUT2D eigenvalue weighted by molar-refractivity contribution is 7.92. The summed E-state index contributed by atoms with van der Waals surface area (Å²) in [6, 6.07) is 3.02. The Bertz CT molecular complexity index is 1590. The Morgan fingerprint density at radius 1 is 1.03 bits per heavy atom. The van der Waals surface area contributed by atoms with Crippen molar-refractivity contribution >= 4 is 38.5 Å². The zero-order valence-electron chi connectivity index (χ0n) is 18.8. The summed E-state index contributed by atoms with van der Waals surface area (Å²) in [4.78, 5) is 28.4. The molecule has 0 aliphatic carbocycles. The molecule has 194 valence electrons. The zero-order valence-corrected chi connectivity index (χ0v) is 19.6. The molecule has 37 heavy (non-hydrogen) atoms. The van der Waals surface area contributed by atoms with Crippen LogP contribution in [-0.2, 0) is 10.0 Å². The van der Waals surface area contributed by atoms with Gasteiger partial charge in [-0.1, -0.05) is 0 Å². The molecule has 3 N–H and O–H groups in total. The summed E-state index contributed by atoms with van der Waals surface area (Å²) in [6.45, 7) is 0. The van der Waals surface area contributed by atoms with Crippen molar-refractivity contribution < 1.29 is 35.2 Å². The van der Waals surface area contributed by atoms with E-state index in [1.54, 1.807) is 13.1 Å². The van der Waals surface area contributed by atoms with Crippen LogP contribution < -0.4 is 10.0 Å². The van der Waals surface area contributed by atoms with Gasteiger partial charge in [0, 0.05) is 53.9 Å². The fraction of sp³-hybridized carbons (Fsp3) is 0.182. The number of sulfonamides is 1. The average molecular weight is 540 g/mol. The van der Waals surface area contributed by atoms with E-state index in [1.807, 2.05) is 0 Å². The molecule has 1 aromatic carbocycles. The maximum Gasteiger partial charge on any atom is 0.390 e. The number of fused-ring (bicyclic) bond motifs is 1. The van der Waals surface area contributed by atoms with Crippen LogP contribution in [0.4, 0.5) is 33.6 Å².